The van der Waals surface area contributed by atoms with E-state index in [9.17, 15) is 0 Å². The normalized spacial score (nSPS) is 22.0. The Morgan fingerprint density at radius 3 is 1.57 bits per heavy atom. The van der Waals surface area contributed by atoms with Crippen molar-refractivity contribution in [1.82, 2.24) is 39.7 Å². The van der Waals surface area contributed by atoms with Crippen LogP contribution in [0.2, 0.25) is 0 Å². The first-order chi connectivity index (χ1) is 21.8. The van der Waals surface area contributed by atoms with Crippen molar-refractivity contribution >= 4 is 34.6 Å². The van der Waals surface area contributed by atoms with Gasteiger partial charge < -0.3 is 20.3 Å². The highest BCUT2D eigenvalue weighted by atomic mass is 32.2. The number of benzene rings is 3. The highest BCUT2D eigenvalue weighted by Crippen LogP contribution is 2.54. The standard InChI is InChI=1S/C30H24N10O2S2/c1-5-11-21-17(7-1)23-27(43-29-35-31-15-39(29)37-23)25-26(34-20-10-4-3-9-19(20)33-25)28-24(38-40-16-32-36-30(40)44-28)18-8-2-6-12-22(18)42-14-13-41-21/h1-12,15-16,23-24,27-28,37-38H,13-14H2. The minimum Gasteiger partial charge on any atom is -0.490 e. The van der Waals surface area contributed by atoms with Crippen LogP contribution in [0.3, 0.4) is 0 Å². The molecule has 9 rings (SSSR count). The number of fused-ring (bicyclic) bond motifs is 12. The number of para-hydroxylation sites is 4. The second-order valence-corrected chi connectivity index (χ2v) is 12.7. The molecule has 0 radical (unpaired) electrons. The summed E-state index contributed by atoms with van der Waals surface area (Å²) in [5.41, 5.74) is 12.6. The van der Waals surface area contributed by atoms with Crippen molar-refractivity contribution in [2.45, 2.75) is 32.9 Å². The predicted molar refractivity (Wildman–Crippen MR) is 165 cm³/mol. The third-order valence-electron chi connectivity index (χ3n) is 7.93. The van der Waals surface area contributed by atoms with Gasteiger partial charge in [-0.1, -0.05) is 72.1 Å². The molecule has 3 aliphatic rings. The van der Waals surface area contributed by atoms with Crippen LogP contribution in [0.25, 0.3) is 11.0 Å². The summed E-state index contributed by atoms with van der Waals surface area (Å²) in [4.78, 5) is 10.7. The highest BCUT2D eigenvalue weighted by molar-refractivity contribution is 7.99. The van der Waals surface area contributed by atoms with Gasteiger partial charge in [0.05, 0.1) is 45.0 Å². The van der Waals surface area contributed by atoms with Crippen molar-refractivity contribution < 1.29 is 9.47 Å². The van der Waals surface area contributed by atoms with Crippen molar-refractivity contribution in [3.8, 4) is 11.5 Å². The smallest absolute Gasteiger partial charge is 0.210 e. The molecular weight excluding hydrogens is 597 g/mol. The zero-order valence-corrected chi connectivity index (χ0v) is 24.7. The second-order valence-electron chi connectivity index (χ2n) is 10.5. The lowest BCUT2D eigenvalue weighted by atomic mass is 9.95. The molecule has 0 bridgehead atoms. The first kappa shape index (κ1) is 25.7. The molecule has 3 aromatic heterocycles. The van der Waals surface area contributed by atoms with E-state index in [1.807, 2.05) is 70.0 Å². The third kappa shape index (κ3) is 4.24. The van der Waals surface area contributed by atoms with Gasteiger partial charge in [0, 0.05) is 11.1 Å². The summed E-state index contributed by atoms with van der Waals surface area (Å²) >= 11 is 3.23. The molecule has 4 unspecified atom stereocenters. The van der Waals surface area contributed by atoms with Crippen molar-refractivity contribution in [3.63, 3.8) is 0 Å². The van der Waals surface area contributed by atoms with Gasteiger partial charge in [-0.15, -0.1) is 20.4 Å². The average molecular weight is 621 g/mol. The maximum absolute atomic E-state index is 6.38. The Labute approximate surface area is 259 Å². The SMILES string of the molecule is c1ccc2c(c1)OCCOc1ccccc1C1Nn3cnnc3SC1c1nc3ccccc3nc1C1Sc3nncn3NC21. The summed E-state index contributed by atoms with van der Waals surface area (Å²) in [6.45, 7) is 0.751. The van der Waals surface area contributed by atoms with E-state index in [0.29, 0.717) is 13.2 Å². The number of aromatic nitrogens is 8. The van der Waals surface area contributed by atoms with Gasteiger partial charge in [-0.25, -0.2) is 19.3 Å². The van der Waals surface area contributed by atoms with Crippen LogP contribution in [0.4, 0.5) is 0 Å². The monoisotopic (exact) mass is 620 g/mol. The van der Waals surface area contributed by atoms with Gasteiger partial charge in [0.25, 0.3) is 0 Å². The fourth-order valence-corrected chi connectivity index (χ4v) is 8.29. The summed E-state index contributed by atoms with van der Waals surface area (Å²) in [5, 5.41) is 18.2. The van der Waals surface area contributed by atoms with Crippen molar-refractivity contribution in [3.05, 3.63) is 108 Å². The fraction of sp³-hybridized carbons (Fsp3) is 0.200. The number of rotatable bonds is 0. The molecule has 3 aromatic carbocycles. The Morgan fingerprint density at radius 1 is 0.614 bits per heavy atom. The molecule has 4 atom stereocenters. The van der Waals surface area contributed by atoms with Crippen LogP contribution in [-0.2, 0) is 0 Å². The molecule has 0 saturated carbocycles. The van der Waals surface area contributed by atoms with Crippen LogP contribution in [0.5, 0.6) is 11.5 Å². The molecule has 2 N–H and O–H groups in total. The third-order valence-corrected chi connectivity index (χ3v) is 10.4. The Hall–Kier alpha value is -4.82. The predicted octanol–water partition coefficient (Wildman–Crippen LogP) is 4.85. The van der Waals surface area contributed by atoms with Crippen molar-refractivity contribution in [1.29, 1.82) is 0 Å². The van der Waals surface area contributed by atoms with E-state index < -0.39 is 0 Å². The molecule has 6 aromatic rings. The van der Waals surface area contributed by atoms with Gasteiger partial charge in [0.15, 0.2) is 0 Å². The van der Waals surface area contributed by atoms with Gasteiger partial charge in [-0.2, -0.15) is 0 Å². The molecule has 0 amide bonds. The fourth-order valence-electron chi connectivity index (χ4n) is 5.96. The Kier molecular flexibility index (Phi) is 6.07. The molecule has 12 nitrogen and oxygen atoms in total. The van der Waals surface area contributed by atoms with E-state index in [-0.39, 0.29) is 22.6 Å². The van der Waals surface area contributed by atoms with Crippen LogP contribution in [0.15, 0.2) is 95.8 Å². The Balaban J connectivity index is 1.32. The molecule has 3 aliphatic heterocycles. The lowest BCUT2D eigenvalue weighted by Crippen LogP contribution is -2.34. The molecule has 14 heteroatoms. The number of thioether (sulfide) groups is 2. The number of nitrogens with one attached hydrogen (secondary N) is 2. The largest absolute Gasteiger partial charge is 0.490 e. The van der Waals surface area contributed by atoms with Crippen LogP contribution in [0.1, 0.15) is 45.1 Å². The zero-order chi connectivity index (χ0) is 29.0. The molecule has 0 fully saturated rings. The summed E-state index contributed by atoms with van der Waals surface area (Å²) in [6, 6.07) is 23.7. The van der Waals surface area contributed by atoms with Gasteiger partial charge in [-0.05, 0) is 24.3 Å². The summed E-state index contributed by atoms with van der Waals surface area (Å²) in [5.74, 6) is 1.55. The lowest BCUT2D eigenvalue weighted by Gasteiger charge is -2.37. The minimum atomic E-state index is -0.242. The van der Waals surface area contributed by atoms with E-state index in [1.54, 1.807) is 36.2 Å². The molecule has 0 aliphatic carbocycles. The molecular formula is C30H24N10O2S2. The van der Waals surface area contributed by atoms with E-state index in [4.69, 9.17) is 19.4 Å². The van der Waals surface area contributed by atoms with E-state index in [1.165, 1.54) is 0 Å². The topological polar surface area (TPSA) is 130 Å². The van der Waals surface area contributed by atoms with Gasteiger partial charge in [0.2, 0.25) is 10.3 Å². The number of hydrogen-bond acceptors (Lipinski definition) is 12. The summed E-state index contributed by atoms with van der Waals surface area (Å²) < 4.78 is 16.5. The van der Waals surface area contributed by atoms with Crippen molar-refractivity contribution in [2.75, 3.05) is 24.1 Å². The summed E-state index contributed by atoms with van der Waals surface area (Å²) in [7, 11) is 0. The van der Waals surface area contributed by atoms with Crippen LogP contribution in [0, 0.1) is 0 Å². The van der Waals surface area contributed by atoms with E-state index >= 15 is 0 Å². The zero-order valence-electron chi connectivity index (χ0n) is 23.0. The lowest BCUT2D eigenvalue weighted by molar-refractivity contribution is 0.213. The van der Waals surface area contributed by atoms with Crippen LogP contribution >= 0.6 is 23.5 Å². The molecule has 0 saturated heterocycles. The average Bonchev–Trinajstić information content (AvgIpc) is 3.74. The molecule has 44 heavy (non-hydrogen) atoms. The van der Waals surface area contributed by atoms with Gasteiger partial charge in [0.1, 0.15) is 37.4 Å². The van der Waals surface area contributed by atoms with E-state index in [2.05, 4.69) is 43.4 Å². The summed E-state index contributed by atoms with van der Waals surface area (Å²) in [6.07, 6.45) is 3.38. The van der Waals surface area contributed by atoms with E-state index in [0.717, 1.165) is 55.4 Å². The number of ether oxygens (including phenoxy) is 2. The Bertz CT molecular complexity index is 1870. The highest BCUT2D eigenvalue weighted by Gasteiger charge is 2.42. The number of hydrogen-bond donors (Lipinski definition) is 2. The quantitative estimate of drug-likeness (QED) is 0.241. The molecule has 0 spiro atoms. The number of nitrogens with zero attached hydrogens (tertiary/aromatic N) is 8. The molecule has 6 heterocycles. The maximum Gasteiger partial charge on any atom is 0.210 e. The Morgan fingerprint density at radius 2 is 1.07 bits per heavy atom. The first-order valence-corrected chi connectivity index (χ1v) is 15.9. The van der Waals surface area contributed by atoms with Crippen LogP contribution in [-0.4, -0.2) is 52.9 Å². The maximum atomic E-state index is 6.38. The molecule has 218 valence electrons. The van der Waals surface area contributed by atoms with Crippen LogP contribution < -0.4 is 20.3 Å². The van der Waals surface area contributed by atoms with Gasteiger partial charge >= 0.3 is 0 Å². The second kappa shape index (κ2) is 10.4. The van der Waals surface area contributed by atoms with Gasteiger partial charge in [-0.3, -0.25) is 0 Å². The first-order valence-electron chi connectivity index (χ1n) is 14.2. The minimum absolute atomic E-state index is 0.223. The van der Waals surface area contributed by atoms with Crippen molar-refractivity contribution in [2.24, 2.45) is 0 Å².